The summed E-state index contributed by atoms with van der Waals surface area (Å²) in [6, 6.07) is 5.12. The SMILES string of the molecule is CCCCN1CCC[C@H]1c1ccc(N2CCOCC2)nc1C. The zero-order valence-corrected chi connectivity index (χ0v) is 14.1. The van der Waals surface area contributed by atoms with E-state index in [1.807, 2.05) is 0 Å². The quantitative estimate of drug-likeness (QED) is 0.835. The van der Waals surface area contributed by atoms with Crippen molar-refractivity contribution in [3.05, 3.63) is 23.4 Å². The summed E-state index contributed by atoms with van der Waals surface area (Å²) in [5.74, 6) is 1.11. The van der Waals surface area contributed by atoms with Crippen LogP contribution in [0.4, 0.5) is 5.82 Å². The summed E-state index contributed by atoms with van der Waals surface area (Å²) < 4.78 is 5.43. The Morgan fingerprint density at radius 3 is 2.77 bits per heavy atom. The van der Waals surface area contributed by atoms with Gasteiger partial charge in [0.25, 0.3) is 0 Å². The van der Waals surface area contributed by atoms with Crippen LogP contribution in [0.15, 0.2) is 12.1 Å². The zero-order valence-electron chi connectivity index (χ0n) is 14.1. The second kappa shape index (κ2) is 7.42. The number of aryl methyl sites for hydroxylation is 1. The Morgan fingerprint density at radius 2 is 2.05 bits per heavy atom. The van der Waals surface area contributed by atoms with Crippen LogP contribution < -0.4 is 4.90 Å². The lowest BCUT2D eigenvalue weighted by atomic mass is 10.0. The van der Waals surface area contributed by atoms with Crippen LogP contribution in [0.25, 0.3) is 0 Å². The van der Waals surface area contributed by atoms with Gasteiger partial charge < -0.3 is 9.64 Å². The molecule has 2 aliphatic heterocycles. The predicted octanol–water partition coefficient (Wildman–Crippen LogP) is 3.16. The average Bonchev–Trinajstić information content (AvgIpc) is 3.02. The van der Waals surface area contributed by atoms with Gasteiger partial charge in [0.15, 0.2) is 0 Å². The van der Waals surface area contributed by atoms with Crippen LogP contribution in [0.2, 0.25) is 0 Å². The van der Waals surface area contributed by atoms with Crippen LogP contribution in [0.1, 0.15) is 49.9 Å². The molecule has 0 aromatic carbocycles. The highest BCUT2D eigenvalue weighted by Gasteiger charge is 2.27. The summed E-state index contributed by atoms with van der Waals surface area (Å²) in [5, 5.41) is 0. The average molecular weight is 303 g/mol. The number of pyridine rings is 1. The molecule has 0 saturated carbocycles. The maximum atomic E-state index is 5.43. The highest BCUT2D eigenvalue weighted by atomic mass is 16.5. The topological polar surface area (TPSA) is 28.6 Å². The number of hydrogen-bond donors (Lipinski definition) is 0. The summed E-state index contributed by atoms with van der Waals surface area (Å²) in [4.78, 5) is 9.89. The van der Waals surface area contributed by atoms with Crippen LogP contribution in [-0.4, -0.2) is 49.3 Å². The molecule has 3 rings (SSSR count). The number of ether oxygens (including phenoxy) is 1. The standard InChI is InChI=1S/C18H29N3O/c1-3-4-9-20-10-5-6-17(20)16-7-8-18(19-15(16)2)21-11-13-22-14-12-21/h7-8,17H,3-6,9-14H2,1-2H3/t17-/m0/s1. The largest absolute Gasteiger partial charge is 0.378 e. The minimum Gasteiger partial charge on any atom is -0.378 e. The molecule has 3 heterocycles. The fourth-order valence-electron chi connectivity index (χ4n) is 3.69. The monoisotopic (exact) mass is 303 g/mol. The summed E-state index contributed by atoms with van der Waals surface area (Å²) in [7, 11) is 0. The van der Waals surface area contributed by atoms with Crippen LogP contribution in [-0.2, 0) is 4.74 Å². The molecule has 0 radical (unpaired) electrons. The molecule has 0 spiro atoms. The van der Waals surface area contributed by atoms with Crippen molar-refractivity contribution in [1.29, 1.82) is 0 Å². The number of aromatic nitrogens is 1. The summed E-state index contributed by atoms with van der Waals surface area (Å²) in [6.07, 6.45) is 5.17. The Kier molecular flexibility index (Phi) is 5.32. The fraction of sp³-hybridized carbons (Fsp3) is 0.722. The normalized spacial score (nSPS) is 23.2. The smallest absolute Gasteiger partial charge is 0.128 e. The Balaban J connectivity index is 1.73. The molecule has 0 amide bonds. The summed E-state index contributed by atoms with van der Waals surface area (Å²) >= 11 is 0. The van der Waals surface area contributed by atoms with E-state index in [9.17, 15) is 0 Å². The van der Waals surface area contributed by atoms with Crippen LogP contribution >= 0.6 is 0 Å². The summed E-state index contributed by atoms with van der Waals surface area (Å²) in [6.45, 7) is 10.5. The Bertz CT molecular complexity index is 485. The molecule has 1 atom stereocenters. The van der Waals surface area contributed by atoms with Gasteiger partial charge in [-0.25, -0.2) is 4.98 Å². The minimum atomic E-state index is 0.581. The third-order valence-electron chi connectivity index (χ3n) is 4.97. The van der Waals surface area contributed by atoms with Gasteiger partial charge in [0.1, 0.15) is 5.82 Å². The van der Waals surface area contributed by atoms with Gasteiger partial charge in [0, 0.05) is 24.8 Å². The van der Waals surface area contributed by atoms with Gasteiger partial charge in [-0.05, 0) is 50.9 Å². The van der Waals surface area contributed by atoms with Crippen molar-refractivity contribution in [2.75, 3.05) is 44.3 Å². The van der Waals surface area contributed by atoms with Gasteiger partial charge in [0.2, 0.25) is 0 Å². The van der Waals surface area contributed by atoms with E-state index in [0.717, 1.165) is 32.1 Å². The molecule has 1 aromatic rings. The van der Waals surface area contributed by atoms with Crippen molar-refractivity contribution in [2.45, 2.75) is 45.6 Å². The molecule has 4 heteroatoms. The Morgan fingerprint density at radius 1 is 1.23 bits per heavy atom. The first kappa shape index (κ1) is 15.8. The first-order valence-electron chi connectivity index (χ1n) is 8.84. The number of anilines is 1. The number of nitrogens with zero attached hydrogens (tertiary/aromatic N) is 3. The van der Waals surface area contributed by atoms with Crippen molar-refractivity contribution < 1.29 is 4.74 Å². The maximum absolute atomic E-state index is 5.43. The van der Waals surface area contributed by atoms with E-state index in [1.54, 1.807) is 0 Å². The first-order chi connectivity index (χ1) is 10.8. The second-order valence-corrected chi connectivity index (χ2v) is 6.49. The number of likely N-dealkylation sites (tertiary alicyclic amines) is 1. The van der Waals surface area contributed by atoms with Crippen LogP contribution in [0.3, 0.4) is 0 Å². The van der Waals surface area contributed by atoms with Crippen molar-refractivity contribution in [1.82, 2.24) is 9.88 Å². The second-order valence-electron chi connectivity index (χ2n) is 6.49. The maximum Gasteiger partial charge on any atom is 0.128 e. The molecule has 0 N–H and O–H groups in total. The highest BCUT2D eigenvalue weighted by Crippen LogP contribution is 2.34. The van der Waals surface area contributed by atoms with Crippen LogP contribution in [0, 0.1) is 6.92 Å². The molecular weight excluding hydrogens is 274 g/mol. The molecule has 22 heavy (non-hydrogen) atoms. The Labute approximate surface area is 134 Å². The van der Waals surface area contributed by atoms with Crippen LogP contribution in [0.5, 0.6) is 0 Å². The summed E-state index contributed by atoms with van der Waals surface area (Å²) in [5.41, 5.74) is 2.64. The lowest BCUT2D eigenvalue weighted by Gasteiger charge is -2.30. The highest BCUT2D eigenvalue weighted by molar-refractivity contribution is 5.43. The lowest BCUT2D eigenvalue weighted by Crippen LogP contribution is -2.37. The van der Waals surface area contributed by atoms with E-state index < -0.39 is 0 Å². The number of unbranched alkanes of at least 4 members (excludes halogenated alkanes) is 1. The third-order valence-corrected chi connectivity index (χ3v) is 4.97. The molecule has 2 saturated heterocycles. The molecule has 2 fully saturated rings. The molecule has 4 nitrogen and oxygen atoms in total. The molecular formula is C18H29N3O. The number of morpholine rings is 1. The Hall–Kier alpha value is -1.13. The van der Waals surface area contributed by atoms with E-state index >= 15 is 0 Å². The van der Waals surface area contributed by atoms with Gasteiger partial charge in [-0.15, -0.1) is 0 Å². The van der Waals surface area contributed by atoms with E-state index in [1.165, 1.54) is 50.0 Å². The molecule has 122 valence electrons. The third kappa shape index (κ3) is 3.44. The molecule has 0 unspecified atom stereocenters. The minimum absolute atomic E-state index is 0.581. The van der Waals surface area contributed by atoms with E-state index in [2.05, 4.69) is 35.8 Å². The van der Waals surface area contributed by atoms with E-state index in [-0.39, 0.29) is 0 Å². The van der Waals surface area contributed by atoms with Gasteiger partial charge >= 0.3 is 0 Å². The lowest BCUT2D eigenvalue weighted by molar-refractivity contribution is 0.122. The van der Waals surface area contributed by atoms with Crippen molar-refractivity contribution >= 4 is 5.82 Å². The zero-order chi connectivity index (χ0) is 15.4. The van der Waals surface area contributed by atoms with Gasteiger partial charge in [0.05, 0.1) is 13.2 Å². The molecule has 1 aromatic heterocycles. The first-order valence-corrected chi connectivity index (χ1v) is 8.84. The van der Waals surface area contributed by atoms with Crippen molar-refractivity contribution in [3.8, 4) is 0 Å². The molecule has 0 bridgehead atoms. The van der Waals surface area contributed by atoms with E-state index in [0.29, 0.717) is 6.04 Å². The van der Waals surface area contributed by atoms with Gasteiger partial charge in [-0.3, -0.25) is 4.90 Å². The molecule has 0 aliphatic carbocycles. The number of rotatable bonds is 5. The van der Waals surface area contributed by atoms with Gasteiger partial charge in [-0.2, -0.15) is 0 Å². The predicted molar refractivity (Wildman–Crippen MR) is 90.5 cm³/mol. The van der Waals surface area contributed by atoms with Crippen molar-refractivity contribution in [2.24, 2.45) is 0 Å². The van der Waals surface area contributed by atoms with Gasteiger partial charge in [-0.1, -0.05) is 19.4 Å². The number of hydrogen-bond acceptors (Lipinski definition) is 4. The fourth-order valence-corrected chi connectivity index (χ4v) is 3.69. The van der Waals surface area contributed by atoms with Crippen molar-refractivity contribution in [3.63, 3.8) is 0 Å². The molecule has 2 aliphatic rings. The van der Waals surface area contributed by atoms with E-state index in [4.69, 9.17) is 9.72 Å².